The maximum absolute atomic E-state index is 10.0. The first-order valence-electron chi connectivity index (χ1n) is 8.13. The van der Waals surface area contributed by atoms with Gasteiger partial charge in [-0.15, -0.1) is 6.07 Å². The number of fused-ring (bicyclic) bond motifs is 3. The van der Waals surface area contributed by atoms with Crippen LogP contribution in [0.25, 0.3) is 27.6 Å². The van der Waals surface area contributed by atoms with Crippen molar-refractivity contribution < 1.29 is 31.0 Å². The van der Waals surface area contributed by atoms with Crippen molar-refractivity contribution in [2.45, 2.75) is 13.8 Å². The predicted molar refractivity (Wildman–Crippen MR) is 102 cm³/mol. The number of hydrogen-bond acceptors (Lipinski definition) is 4. The topological polar surface area (TPSA) is 68.0 Å². The van der Waals surface area contributed by atoms with E-state index in [4.69, 9.17) is 5.11 Å². The van der Waals surface area contributed by atoms with Gasteiger partial charge >= 0.3 is 0 Å². The molecule has 0 aliphatic carbocycles. The van der Waals surface area contributed by atoms with Gasteiger partial charge in [0.05, 0.1) is 5.76 Å². The molecule has 0 aliphatic rings. The maximum Gasteiger partial charge on any atom is 0.155 e. The fourth-order valence-corrected chi connectivity index (χ4v) is 2.76. The summed E-state index contributed by atoms with van der Waals surface area (Å²) in [6, 6.07) is 16.3. The summed E-state index contributed by atoms with van der Waals surface area (Å²) >= 11 is 0. The summed E-state index contributed by atoms with van der Waals surface area (Å²) in [5.74, 6) is -0.0625. The average Bonchev–Trinajstić information content (AvgIpc) is 2.96. The molecule has 3 heterocycles. The Kier molecular flexibility index (Phi) is 7.03. The summed E-state index contributed by atoms with van der Waals surface area (Å²) in [5.41, 5.74) is 4.22. The molecule has 0 unspecified atom stereocenters. The van der Waals surface area contributed by atoms with Gasteiger partial charge in [0, 0.05) is 50.1 Å². The molecule has 0 fully saturated rings. The van der Waals surface area contributed by atoms with E-state index in [1.807, 2.05) is 30.3 Å². The Morgan fingerprint density at radius 1 is 1.04 bits per heavy atom. The van der Waals surface area contributed by atoms with Crippen LogP contribution in [0.5, 0.6) is 0 Å². The minimum Gasteiger partial charge on any atom is -0.512 e. The Morgan fingerprint density at radius 2 is 1.78 bits per heavy atom. The van der Waals surface area contributed by atoms with E-state index >= 15 is 0 Å². The second-order valence-electron chi connectivity index (χ2n) is 5.76. The van der Waals surface area contributed by atoms with Crippen LogP contribution in [-0.4, -0.2) is 25.4 Å². The third-order valence-corrected chi connectivity index (χ3v) is 3.67. The molecular formula is C21H18N3O2Pt-. The van der Waals surface area contributed by atoms with Crippen molar-refractivity contribution >= 4 is 27.7 Å². The van der Waals surface area contributed by atoms with Crippen LogP contribution < -0.4 is 0 Å². The number of nitrogens with zero attached hydrogens (tertiary/aromatic N) is 3. The third-order valence-electron chi connectivity index (χ3n) is 3.67. The second-order valence-corrected chi connectivity index (χ2v) is 5.76. The summed E-state index contributed by atoms with van der Waals surface area (Å²) in [6.07, 6.45) is 7.79. The van der Waals surface area contributed by atoms with Gasteiger partial charge in [0.25, 0.3) is 0 Å². The predicted octanol–water partition coefficient (Wildman–Crippen LogP) is 4.41. The molecule has 0 saturated heterocycles. The molecule has 6 heteroatoms. The number of aromatic nitrogens is 3. The van der Waals surface area contributed by atoms with Crippen molar-refractivity contribution in [3.63, 3.8) is 0 Å². The molecule has 0 saturated carbocycles. The first-order chi connectivity index (χ1) is 12.6. The molecule has 4 rings (SSSR count). The molecule has 0 radical (unpaired) electrons. The molecule has 0 atom stereocenters. The van der Waals surface area contributed by atoms with E-state index in [0.717, 1.165) is 27.6 Å². The summed E-state index contributed by atoms with van der Waals surface area (Å²) in [4.78, 5) is 18.6. The Labute approximate surface area is 171 Å². The zero-order chi connectivity index (χ0) is 18.5. The maximum atomic E-state index is 10.0. The molecule has 1 aromatic carbocycles. The van der Waals surface area contributed by atoms with E-state index < -0.39 is 0 Å². The number of aliphatic hydroxyl groups excluding tert-OH is 1. The first kappa shape index (κ1) is 20.5. The number of rotatable bonds is 2. The number of benzene rings is 1. The zero-order valence-corrected chi connectivity index (χ0v) is 17.1. The largest absolute Gasteiger partial charge is 0.512 e. The quantitative estimate of drug-likeness (QED) is 0.233. The van der Waals surface area contributed by atoms with Gasteiger partial charge in [-0.25, -0.2) is 0 Å². The van der Waals surface area contributed by atoms with Crippen molar-refractivity contribution in [3.8, 4) is 5.69 Å². The SMILES string of the molecule is CC(=O)/C=C(/C)O.[Pt].[c-]1nccc2c1c1ncccc1n2-c1ccccc1. The molecule has 0 bridgehead atoms. The zero-order valence-electron chi connectivity index (χ0n) is 14.9. The van der Waals surface area contributed by atoms with E-state index in [1.165, 1.54) is 19.9 Å². The monoisotopic (exact) mass is 539 g/mol. The summed E-state index contributed by atoms with van der Waals surface area (Å²) < 4.78 is 2.19. The molecule has 140 valence electrons. The summed E-state index contributed by atoms with van der Waals surface area (Å²) in [7, 11) is 0. The second kappa shape index (κ2) is 9.24. The van der Waals surface area contributed by atoms with Crippen LogP contribution in [0.3, 0.4) is 0 Å². The molecule has 27 heavy (non-hydrogen) atoms. The Bertz CT molecular complexity index is 1030. The number of pyridine rings is 2. The van der Waals surface area contributed by atoms with E-state index in [2.05, 4.69) is 38.9 Å². The smallest absolute Gasteiger partial charge is 0.155 e. The van der Waals surface area contributed by atoms with Crippen molar-refractivity contribution in [3.05, 3.63) is 79.0 Å². The molecule has 5 nitrogen and oxygen atoms in total. The fourth-order valence-electron chi connectivity index (χ4n) is 2.76. The van der Waals surface area contributed by atoms with Gasteiger partial charge < -0.3 is 19.6 Å². The number of ketones is 1. The van der Waals surface area contributed by atoms with Gasteiger partial charge in [0.15, 0.2) is 5.78 Å². The van der Waals surface area contributed by atoms with Gasteiger partial charge in [-0.2, -0.15) is 0 Å². The number of carbonyl (C=O) groups excluding carboxylic acids is 1. The molecule has 3 aromatic heterocycles. The number of allylic oxidation sites excluding steroid dienone is 2. The van der Waals surface area contributed by atoms with Crippen LogP contribution in [0, 0.1) is 6.20 Å². The molecule has 0 spiro atoms. The molecule has 4 aromatic rings. The van der Waals surface area contributed by atoms with Crippen LogP contribution in [0.1, 0.15) is 13.8 Å². The minimum absolute atomic E-state index is 0. The number of hydrogen-bond donors (Lipinski definition) is 1. The first-order valence-corrected chi connectivity index (χ1v) is 8.13. The molecule has 1 N–H and O–H groups in total. The van der Waals surface area contributed by atoms with E-state index in [0.29, 0.717) is 0 Å². The minimum atomic E-state index is -0.125. The van der Waals surface area contributed by atoms with Gasteiger partial charge in [-0.1, -0.05) is 29.8 Å². The van der Waals surface area contributed by atoms with Crippen LogP contribution in [0.15, 0.2) is 72.8 Å². The normalized spacial score (nSPS) is 10.8. The molecule has 0 aliphatic heterocycles. The van der Waals surface area contributed by atoms with Gasteiger partial charge in [-0.3, -0.25) is 4.79 Å². The number of para-hydroxylation sites is 1. The van der Waals surface area contributed by atoms with Crippen LogP contribution in [-0.2, 0) is 25.9 Å². The van der Waals surface area contributed by atoms with E-state index in [1.54, 1.807) is 12.4 Å². The average molecular weight is 539 g/mol. The Balaban J connectivity index is 0.000000285. The molecular weight excluding hydrogens is 521 g/mol. The van der Waals surface area contributed by atoms with Crippen molar-refractivity contribution in [2.24, 2.45) is 0 Å². The van der Waals surface area contributed by atoms with E-state index in [-0.39, 0.29) is 32.6 Å². The van der Waals surface area contributed by atoms with Crippen molar-refractivity contribution in [1.82, 2.24) is 14.5 Å². The van der Waals surface area contributed by atoms with Crippen LogP contribution in [0.2, 0.25) is 0 Å². The third kappa shape index (κ3) is 4.69. The fraction of sp³-hybridized carbons (Fsp3) is 0.0952. The van der Waals surface area contributed by atoms with Crippen molar-refractivity contribution in [2.75, 3.05) is 0 Å². The Morgan fingerprint density at radius 3 is 2.41 bits per heavy atom. The van der Waals surface area contributed by atoms with Gasteiger partial charge in [-0.05, 0) is 49.8 Å². The van der Waals surface area contributed by atoms with Crippen molar-refractivity contribution in [1.29, 1.82) is 0 Å². The molecule has 0 amide bonds. The van der Waals surface area contributed by atoms with Crippen LogP contribution in [0.4, 0.5) is 0 Å². The van der Waals surface area contributed by atoms with Gasteiger partial charge in [0.1, 0.15) is 0 Å². The summed E-state index contributed by atoms with van der Waals surface area (Å²) in [6.45, 7) is 2.85. The number of carbonyl (C=O) groups is 1. The van der Waals surface area contributed by atoms with Gasteiger partial charge in [0.2, 0.25) is 0 Å². The standard InChI is InChI=1S/C16H10N3.C5H8O2.Pt/c1-2-5-12(6-3-1)19-14-8-10-17-11-13(14)16-15(19)7-4-9-18-16;1-4(6)3-5(2)7;/h1-10H;3,6H,1-2H3;/q-1;;/b;4-3-;. The summed E-state index contributed by atoms with van der Waals surface area (Å²) in [5, 5.41) is 9.32. The number of aliphatic hydroxyl groups is 1. The van der Waals surface area contributed by atoms with Crippen LogP contribution >= 0.6 is 0 Å². The Hall–Kier alpha value is -2.78. The van der Waals surface area contributed by atoms with E-state index in [9.17, 15) is 4.79 Å².